The maximum absolute atomic E-state index is 12.9. The number of rotatable bonds is 5. The van der Waals surface area contributed by atoms with Gasteiger partial charge in [0.15, 0.2) is 0 Å². The van der Waals surface area contributed by atoms with Crippen LogP contribution >= 0.6 is 0 Å². The molecule has 0 aliphatic carbocycles. The highest BCUT2D eigenvalue weighted by Gasteiger charge is 2.33. The van der Waals surface area contributed by atoms with Crippen molar-refractivity contribution in [1.82, 2.24) is 4.90 Å². The number of amides is 1. The Hall–Kier alpha value is -2.82. The van der Waals surface area contributed by atoms with Crippen LogP contribution in [-0.4, -0.2) is 35.5 Å². The predicted octanol–water partition coefficient (Wildman–Crippen LogP) is 3.08. The molecule has 2 unspecified atom stereocenters. The number of carbonyl (C=O) groups excluding carboxylic acids is 1. The van der Waals surface area contributed by atoms with Gasteiger partial charge in [-0.2, -0.15) is 0 Å². The summed E-state index contributed by atoms with van der Waals surface area (Å²) in [5, 5.41) is 9.56. The third-order valence-corrected chi connectivity index (χ3v) is 4.93. The molecule has 0 radical (unpaired) electrons. The number of hydrogen-bond donors (Lipinski definition) is 1. The van der Waals surface area contributed by atoms with E-state index >= 15 is 0 Å². The van der Waals surface area contributed by atoms with Crippen LogP contribution in [0.5, 0.6) is 5.75 Å². The number of fused-ring (bicyclic) bond motifs is 1. The number of carboxylic acid groups (broad SMARTS) is 1. The molecular weight excluding hydrogens is 330 g/mol. The van der Waals surface area contributed by atoms with Gasteiger partial charge in [-0.15, -0.1) is 0 Å². The maximum Gasteiger partial charge on any atom is 0.312 e. The molecule has 136 valence electrons. The number of carbonyl (C=O) groups is 2. The van der Waals surface area contributed by atoms with Crippen LogP contribution in [-0.2, 0) is 22.6 Å². The van der Waals surface area contributed by atoms with Crippen molar-refractivity contribution in [3.8, 4) is 5.75 Å². The van der Waals surface area contributed by atoms with Crippen LogP contribution < -0.4 is 4.74 Å². The average molecular weight is 353 g/mol. The van der Waals surface area contributed by atoms with Gasteiger partial charge in [-0.3, -0.25) is 9.59 Å². The molecule has 0 bridgehead atoms. The van der Waals surface area contributed by atoms with Gasteiger partial charge >= 0.3 is 5.97 Å². The zero-order valence-corrected chi connectivity index (χ0v) is 15.0. The van der Waals surface area contributed by atoms with E-state index in [9.17, 15) is 14.7 Å². The van der Waals surface area contributed by atoms with E-state index in [4.69, 9.17) is 4.74 Å². The van der Waals surface area contributed by atoms with Crippen molar-refractivity contribution in [2.45, 2.75) is 25.8 Å². The van der Waals surface area contributed by atoms with Crippen molar-refractivity contribution >= 4 is 11.9 Å². The maximum atomic E-state index is 12.9. The molecule has 5 heteroatoms. The lowest BCUT2D eigenvalue weighted by Gasteiger charge is -2.34. The Morgan fingerprint density at radius 2 is 1.88 bits per heavy atom. The molecule has 2 aromatic carbocycles. The van der Waals surface area contributed by atoms with Crippen molar-refractivity contribution in [2.75, 3.05) is 13.7 Å². The molecule has 5 nitrogen and oxygen atoms in total. The van der Waals surface area contributed by atoms with Crippen molar-refractivity contribution in [3.63, 3.8) is 0 Å². The lowest BCUT2D eigenvalue weighted by molar-refractivity contribution is -0.142. The Bertz CT molecular complexity index is 800. The van der Waals surface area contributed by atoms with E-state index in [1.807, 2.05) is 55.5 Å². The molecule has 0 saturated carbocycles. The molecule has 1 amide bonds. The minimum Gasteiger partial charge on any atom is -0.497 e. The van der Waals surface area contributed by atoms with E-state index in [2.05, 4.69) is 0 Å². The van der Waals surface area contributed by atoms with Gasteiger partial charge in [-0.05, 0) is 35.2 Å². The number of methoxy groups -OCH3 is 1. The standard InChI is InChI=1S/C21H23NO4/c1-14(11-15-7-9-17(26-2)10-8-15)20(23)22-12-16-5-3-4-6-18(16)19(13-22)21(24)25/h3-10,14,19H,11-13H2,1-2H3,(H,24,25). The van der Waals surface area contributed by atoms with E-state index in [0.717, 1.165) is 22.4 Å². The SMILES string of the molecule is COc1ccc(CC(C)C(=O)N2Cc3ccccc3C(C(=O)O)C2)cc1. The first kappa shape index (κ1) is 18.0. The summed E-state index contributed by atoms with van der Waals surface area (Å²) in [6.45, 7) is 2.58. The van der Waals surface area contributed by atoms with Gasteiger partial charge in [0.05, 0.1) is 13.0 Å². The summed E-state index contributed by atoms with van der Waals surface area (Å²) in [6.07, 6.45) is 0.610. The second-order valence-corrected chi connectivity index (χ2v) is 6.76. The van der Waals surface area contributed by atoms with Crippen LogP contribution in [0.1, 0.15) is 29.5 Å². The van der Waals surface area contributed by atoms with Gasteiger partial charge < -0.3 is 14.7 Å². The fourth-order valence-electron chi connectivity index (χ4n) is 3.50. The van der Waals surface area contributed by atoms with Gasteiger partial charge in [-0.1, -0.05) is 43.3 Å². The summed E-state index contributed by atoms with van der Waals surface area (Å²) >= 11 is 0. The van der Waals surface area contributed by atoms with Gasteiger partial charge in [0.2, 0.25) is 5.91 Å². The Labute approximate surface area is 153 Å². The lowest BCUT2D eigenvalue weighted by atomic mass is 9.88. The first-order valence-corrected chi connectivity index (χ1v) is 8.72. The number of ether oxygens (including phenoxy) is 1. The monoisotopic (exact) mass is 353 g/mol. The molecule has 0 spiro atoms. The molecule has 1 aliphatic heterocycles. The number of hydrogen-bond acceptors (Lipinski definition) is 3. The smallest absolute Gasteiger partial charge is 0.312 e. The van der Waals surface area contributed by atoms with Gasteiger partial charge in [0, 0.05) is 19.0 Å². The average Bonchev–Trinajstić information content (AvgIpc) is 2.66. The number of benzene rings is 2. The number of carboxylic acids is 1. The van der Waals surface area contributed by atoms with Crippen molar-refractivity contribution in [1.29, 1.82) is 0 Å². The first-order valence-electron chi connectivity index (χ1n) is 8.72. The quantitative estimate of drug-likeness (QED) is 0.897. The van der Waals surface area contributed by atoms with Crippen LogP contribution in [0, 0.1) is 5.92 Å². The summed E-state index contributed by atoms with van der Waals surface area (Å²) in [4.78, 5) is 26.2. The zero-order valence-electron chi connectivity index (χ0n) is 15.0. The fourth-order valence-corrected chi connectivity index (χ4v) is 3.50. The van der Waals surface area contributed by atoms with Gasteiger partial charge in [0.25, 0.3) is 0 Å². The molecule has 1 aliphatic rings. The topological polar surface area (TPSA) is 66.8 Å². The minimum absolute atomic E-state index is 0.0124. The summed E-state index contributed by atoms with van der Waals surface area (Å²) in [5.74, 6) is -1.01. The van der Waals surface area contributed by atoms with Crippen molar-refractivity contribution < 1.29 is 19.4 Å². The van der Waals surface area contributed by atoms with Crippen LogP contribution in [0.2, 0.25) is 0 Å². The normalized spacial score (nSPS) is 17.3. The fraction of sp³-hybridized carbons (Fsp3) is 0.333. The zero-order chi connectivity index (χ0) is 18.7. The summed E-state index contributed by atoms with van der Waals surface area (Å²) in [6, 6.07) is 15.1. The molecule has 0 saturated heterocycles. The van der Waals surface area contributed by atoms with Crippen LogP contribution in [0.3, 0.4) is 0 Å². The summed E-state index contributed by atoms with van der Waals surface area (Å²) in [5.41, 5.74) is 2.78. The molecule has 26 heavy (non-hydrogen) atoms. The number of nitrogens with zero attached hydrogens (tertiary/aromatic N) is 1. The van der Waals surface area contributed by atoms with Crippen LogP contribution in [0.15, 0.2) is 48.5 Å². The lowest BCUT2D eigenvalue weighted by Crippen LogP contribution is -2.43. The molecule has 2 atom stereocenters. The highest BCUT2D eigenvalue weighted by molar-refractivity contribution is 5.82. The van der Waals surface area contributed by atoms with E-state index in [1.165, 1.54) is 0 Å². The highest BCUT2D eigenvalue weighted by Crippen LogP contribution is 2.29. The van der Waals surface area contributed by atoms with E-state index in [1.54, 1.807) is 12.0 Å². The molecule has 1 heterocycles. The second kappa shape index (κ2) is 7.60. The highest BCUT2D eigenvalue weighted by atomic mass is 16.5. The second-order valence-electron chi connectivity index (χ2n) is 6.76. The van der Waals surface area contributed by atoms with Crippen molar-refractivity contribution in [2.24, 2.45) is 5.92 Å². The van der Waals surface area contributed by atoms with E-state index in [0.29, 0.717) is 13.0 Å². The molecule has 2 aromatic rings. The third-order valence-electron chi connectivity index (χ3n) is 4.93. The Morgan fingerprint density at radius 1 is 1.19 bits per heavy atom. The van der Waals surface area contributed by atoms with Crippen LogP contribution in [0.4, 0.5) is 0 Å². The Morgan fingerprint density at radius 3 is 2.54 bits per heavy atom. The molecule has 1 N–H and O–H groups in total. The summed E-state index contributed by atoms with van der Waals surface area (Å²) < 4.78 is 5.15. The molecule has 3 rings (SSSR count). The first-order chi connectivity index (χ1) is 12.5. The predicted molar refractivity (Wildman–Crippen MR) is 98.1 cm³/mol. The molecular formula is C21H23NO4. The summed E-state index contributed by atoms with van der Waals surface area (Å²) in [7, 11) is 1.62. The van der Waals surface area contributed by atoms with Crippen LogP contribution in [0.25, 0.3) is 0 Å². The Balaban J connectivity index is 1.73. The van der Waals surface area contributed by atoms with E-state index in [-0.39, 0.29) is 18.4 Å². The molecule has 0 aromatic heterocycles. The van der Waals surface area contributed by atoms with Crippen molar-refractivity contribution in [3.05, 3.63) is 65.2 Å². The largest absolute Gasteiger partial charge is 0.497 e. The van der Waals surface area contributed by atoms with Gasteiger partial charge in [0.1, 0.15) is 5.75 Å². The Kier molecular flexibility index (Phi) is 5.26. The van der Waals surface area contributed by atoms with E-state index < -0.39 is 11.9 Å². The minimum atomic E-state index is -0.891. The number of aliphatic carboxylic acids is 1. The third kappa shape index (κ3) is 3.72. The molecule has 0 fully saturated rings. The van der Waals surface area contributed by atoms with Gasteiger partial charge in [-0.25, -0.2) is 0 Å².